The summed E-state index contributed by atoms with van der Waals surface area (Å²) in [5.74, 6) is 0. The Morgan fingerprint density at radius 1 is 0.947 bits per heavy atom. The summed E-state index contributed by atoms with van der Waals surface area (Å²) >= 11 is 0. The SMILES string of the molecule is CC(CCN)N(C)c1ccc(-c2ccccc2)cc1. The minimum atomic E-state index is 0.465. The molecule has 0 radical (unpaired) electrons. The van der Waals surface area contributed by atoms with Gasteiger partial charge in [-0.15, -0.1) is 0 Å². The summed E-state index contributed by atoms with van der Waals surface area (Å²) in [5, 5.41) is 0. The van der Waals surface area contributed by atoms with Crippen molar-refractivity contribution >= 4 is 5.69 Å². The van der Waals surface area contributed by atoms with Crippen molar-refractivity contribution in [3.05, 3.63) is 54.6 Å². The maximum absolute atomic E-state index is 5.62. The third-order valence-electron chi connectivity index (χ3n) is 3.63. The molecule has 0 fully saturated rings. The molecule has 1 atom stereocenters. The van der Waals surface area contributed by atoms with Gasteiger partial charge in [0.15, 0.2) is 0 Å². The molecular weight excluding hydrogens is 232 g/mol. The third-order valence-corrected chi connectivity index (χ3v) is 3.63. The first-order chi connectivity index (χ1) is 9.22. The normalized spacial score (nSPS) is 12.2. The minimum Gasteiger partial charge on any atom is -0.372 e. The Morgan fingerprint density at radius 3 is 2.11 bits per heavy atom. The van der Waals surface area contributed by atoms with E-state index in [2.05, 4.69) is 67.4 Å². The van der Waals surface area contributed by atoms with Gasteiger partial charge in [-0.3, -0.25) is 0 Å². The lowest BCUT2D eigenvalue weighted by Crippen LogP contribution is -2.30. The van der Waals surface area contributed by atoms with Crippen molar-refractivity contribution in [1.82, 2.24) is 0 Å². The van der Waals surface area contributed by atoms with Crippen LogP contribution in [0.1, 0.15) is 13.3 Å². The van der Waals surface area contributed by atoms with Gasteiger partial charge in [-0.2, -0.15) is 0 Å². The van der Waals surface area contributed by atoms with E-state index in [0.717, 1.165) is 13.0 Å². The molecular formula is C17H22N2. The molecule has 0 saturated heterocycles. The lowest BCUT2D eigenvalue weighted by atomic mass is 10.0. The highest BCUT2D eigenvalue weighted by atomic mass is 15.1. The van der Waals surface area contributed by atoms with Gasteiger partial charge in [0.2, 0.25) is 0 Å². The Morgan fingerprint density at radius 2 is 1.53 bits per heavy atom. The fourth-order valence-electron chi connectivity index (χ4n) is 2.21. The van der Waals surface area contributed by atoms with E-state index in [9.17, 15) is 0 Å². The van der Waals surface area contributed by atoms with Crippen LogP contribution in [0.2, 0.25) is 0 Å². The quantitative estimate of drug-likeness (QED) is 0.884. The maximum atomic E-state index is 5.62. The number of hydrogen-bond donors (Lipinski definition) is 1. The molecule has 0 aliphatic heterocycles. The first-order valence-corrected chi connectivity index (χ1v) is 6.80. The summed E-state index contributed by atoms with van der Waals surface area (Å²) < 4.78 is 0. The second-order valence-electron chi connectivity index (χ2n) is 4.95. The lowest BCUT2D eigenvalue weighted by molar-refractivity contribution is 0.635. The summed E-state index contributed by atoms with van der Waals surface area (Å²) in [6, 6.07) is 19.6. The van der Waals surface area contributed by atoms with Crippen LogP contribution in [0.15, 0.2) is 54.6 Å². The molecule has 0 bridgehead atoms. The second kappa shape index (κ2) is 6.39. The average molecular weight is 254 g/mol. The van der Waals surface area contributed by atoms with Crippen molar-refractivity contribution in [2.45, 2.75) is 19.4 Å². The van der Waals surface area contributed by atoms with Crippen LogP contribution in [0.4, 0.5) is 5.69 Å². The molecule has 100 valence electrons. The lowest BCUT2D eigenvalue weighted by Gasteiger charge is -2.26. The molecule has 0 aromatic heterocycles. The van der Waals surface area contributed by atoms with Gasteiger partial charge in [-0.1, -0.05) is 42.5 Å². The van der Waals surface area contributed by atoms with E-state index in [1.165, 1.54) is 16.8 Å². The average Bonchev–Trinajstić information content (AvgIpc) is 2.48. The molecule has 2 aromatic carbocycles. The van der Waals surface area contributed by atoms with Crippen LogP contribution in [0.5, 0.6) is 0 Å². The van der Waals surface area contributed by atoms with Crippen LogP contribution in [0.25, 0.3) is 11.1 Å². The van der Waals surface area contributed by atoms with Crippen LogP contribution in [-0.2, 0) is 0 Å². The van der Waals surface area contributed by atoms with E-state index >= 15 is 0 Å². The second-order valence-corrected chi connectivity index (χ2v) is 4.95. The van der Waals surface area contributed by atoms with Crippen molar-refractivity contribution in [3.8, 4) is 11.1 Å². The van der Waals surface area contributed by atoms with Crippen LogP contribution in [-0.4, -0.2) is 19.6 Å². The van der Waals surface area contributed by atoms with Crippen molar-refractivity contribution < 1.29 is 0 Å². The maximum Gasteiger partial charge on any atom is 0.0366 e. The molecule has 1 unspecified atom stereocenters. The monoisotopic (exact) mass is 254 g/mol. The molecule has 0 amide bonds. The van der Waals surface area contributed by atoms with Crippen LogP contribution >= 0.6 is 0 Å². The van der Waals surface area contributed by atoms with Gasteiger partial charge in [-0.05, 0) is 43.1 Å². The van der Waals surface area contributed by atoms with Crippen LogP contribution in [0, 0.1) is 0 Å². The first kappa shape index (κ1) is 13.6. The predicted molar refractivity (Wildman–Crippen MR) is 83.4 cm³/mol. The van der Waals surface area contributed by atoms with E-state index < -0.39 is 0 Å². The van der Waals surface area contributed by atoms with E-state index in [0.29, 0.717) is 6.04 Å². The Bertz CT molecular complexity index is 490. The number of hydrogen-bond acceptors (Lipinski definition) is 2. The fraction of sp³-hybridized carbons (Fsp3) is 0.294. The number of benzene rings is 2. The number of anilines is 1. The van der Waals surface area contributed by atoms with Crippen molar-refractivity contribution in [2.24, 2.45) is 5.73 Å². The van der Waals surface area contributed by atoms with Crippen molar-refractivity contribution in [3.63, 3.8) is 0 Å². The van der Waals surface area contributed by atoms with Crippen LogP contribution in [0.3, 0.4) is 0 Å². The number of rotatable bonds is 5. The molecule has 0 spiro atoms. The molecule has 0 aliphatic carbocycles. The Hall–Kier alpha value is -1.80. The Balaban J connectivity index is 2.15. The van der Waals surface area contributed by atoms with Crippen molar-refractivity contribution in [2.75, 3.05) is 18.5 Å². The number of nitrogens with zero attached hydrogens (tertiary/aromatic N) is 1. The van der Waals surface area contributed by atoms with Gasteiger partial charge in [0, 0.05) is 18.8 Å². The fourth-order valence-corrected chi connectivity index (χ4v) is 2.21. The van der Waals surface area contributed by atoms with E-state index in [-0.39, 0.29) is 0 Å². The molecule has 0 heterocycles. The summed E-state index contributed by atoms with van der Waals surface area (Å²) in [5.41, 5.74) is 9.37. The summed E-state index contributed by atoms with van der Waals surface area (Å²) in [6.07, 6.45) is 1.01. The van der Waals surface area contributed by atoms with Gasteiger partial charge in [0.1, 0.15) is 0 Å². The molecule has 2 aromatic rings. The molecule has 2 N–H and O–H groups in total. The molecule has 0 saturated carbocycles. The zero-order valence-electron chi connectivity index (χ0n) is 11.7. The van der Waals surface area contributed by atoms with Gasteiger partial charge in [0.25, 0.3) is 0 Å². The topological polar surface area (TPSA) is 29.3 Å². The molecule has 0 aliphatic rings. The largest absolute Gasteiger partial charge is 0.372 e. The number of nitrogens with two attached hydrogens (primary N) is 1. The highest BCUT2D eigenvalue weighted by Gasteiger charge is 2.08. The van der Waals surface area contributed by atoms with Crippen LogP contribution < -0.4 is 10.6 Å². The highest BCUT2D eigenvalue weighted by Crippen LogP contribution is 2.23. The van der Waals surface area contributed by atoms with Crippen molar-refractivity contribution in [1.29, 1.82) is 0 Å². The smallest absolute Gasteiger partial charge is 0.0366 e. The van der Waals surface area contributed by atoms with Gasteiger partial charge in [0.05, 0.1) is 0 Å². The predicted octanol–water partition coefficient (Wildman–Crippen LogP) is 3.53. The first-order valence-electron chi connectivity index (χ1n) is 6.80. The minimum absolute atomic E-state index is 0.465. The Kier molecular flexibility index (Phi) is 4.58. The summed E-state index contributed by atoms with van der Waals surface area (Å²) in [7, 11) is 2.12. The van der Waals surface area contributed by atoms with Gasteiger partial charge < -0.3 is 10.6 Å². The summed E-state index contributed by atoms with van der Waals surface area (Å²) in [4.78, 5) is 2.28. The molecule has 2 rings (SSSR count). The standard InChI is InChI=1S/C17H22N2/c1-14(12-13-18)19(2)17-10-8-16(9-11-17)15-6-4-3-5-7-15/h3-11,14H,12-13,18H2,1-2H3. The molecule has 2 nitrogen and oxygen atoms in total. The van der Waals surface area contributed by atoms with E-state index in [1.54, 1.807) is 0 Å². The Labute approximate surface area is 115 Å². The molecule has 2 heteroatoms. The van der Waals surface area contributed by atoms with Gasteiger partial charge in [-0.25, -0.2) is 0 Å². The third kappa shape index (κ3) is 3.36. The zero-order valence-corrected chi connectivity index (χ0v) is 11.7. The zero-order chi connectivity index (χ0) is 13.7. The highest BCUT2D eigenvalue weighted by molar-refractivity contribution is 5.66. The summed E-state index contributed by atoms with van der Waals surface area (Å²) in [6.45, 7) is 2.94. The van der Waals surface area contributed by atoms with E-state index in [4.69, 9.17) is 5.73 Å². The van der Waals surface area contributed by atoms with E-state index in [1.807, 2.05) is 6.07 Å². The molecule has 19 heavy (non-hydrogen) atoms. The van der Waals surface area contributed by atoms with Gasteiger partial charge >= 0.3 is 0 Å².